The molecule has 8 heteroatoms. The zero-order valence-electron chi connectivity index (χ0n) is 27.3. The zero-order chi connectivity index (χ0) is 34.5. The average Bonchev–Trinajstić information content (AvgIpc) is 2.97. The van der Waals surface area contributed by atoms with Crippen molar-refractivity contribution in [3.63, 3.8) is 0 Å². The lowest BCUT2D eigenvalue weighted by molar-refractivity contribution is -0.131. The van der Waals surface area contributed by atoms with Gasteiger partial charge < -0.3 is 18.9 Å². The predicted octanol–water partition coefficient (Wildman–Crippen LogP) is 8.24. The van der Waals surface area contributed by atoms with Gasteiger partial charge in [-0.1, -0.05) is 65.3 Å². The highest BCUT2D eigenvalue weighted by Crippen LogP contribution is 2.44. The summed E-state index contributed by atoms with van der Waals surface area (Å²) in [6.45, 7) is 26.7. The Morgan fingerprint density at radius 1 is 0.500 bits per heavy atom. The van der Waals surface area contributed by atoms with Gasteiger partial charge in [0.1, 0.15) is 23.0 Å². The molecule has 0 saturated heterocycles. The molecule has 8 nitrogen and oxygen atoms in total. The molecule has 0 amide bonds. The Bertz CT molecular complexity index is 1780. The first kappa shape index (κ1) is 35.0. The summed E-state index contributed by atoms with van der Waals surface area (Å²) in [6, 6.07) is 14.8. The molecule has 3 aromatic rings. The summed E-state index contributed by atoms with van der Waals surface area (Å²) in [7, 11) is 0. The van der Waals surface area contributed by atoms with Crippen molar-refractivity contribution in [2.24, 2.45) is 0 Å². The second-order valence-corrected chi connectivity index (χ2v) is 12.0. The smallest absolute Gasteiger partial charge is 0.338 e. The van der Waals surface area contributed by atoms with Crippen LogP contribution < -0.4 is 18.9 Å². The third-order valence-corrected chi connectivity index (χ3v) is 6.56. The van der Waals surface area contributed by atoms with Crippen LogP contribution in [0.3, 0.4) is 0 Å². The van der Waals surface area contributed by atoms with Crippen molar-refractivity contribution < 1.29 is 38.1 Å². The molecule has 238 valence electrons. The van der Waals surface area contributed by atoms with Gasteiger partial charge in [0.25, 0.3) is 0 Å². The Kier molecular flexibility index (Phi) is 10.7. The molecule has 0 N–H and O–H groups in total. The van der Waals surface area contributed by atoms with Crippen LogP contribution in [-0.2, 0) is 24.6 Å². The topological polar surface area (TPSA) is 105 Å². The number of benzene rings is 3. The number of rotatable bonds is 10. The van der Waals surface area contributed by atoms with Crippen LogP contribution in [0, 0.1) is 0 Å². The van der Waals surface area contributed by atoms with E-state index in [4.69, 9.17) is 18.9 Å². The Hall–Kier alpha value is -5.50. The first-order valence-corrected chi connectivity index (χ1v) is 14.3. The maximum Gasteiger partial charge on any atom is 0.338 e. The number of hydrogen-bond donors (Lipinski definition) is 0. The molecule has 0 fully saturated rings. The van der Waals surface area contributed by atoms with E-state index in [0.717, 1.165) is 0 Å². The molecule has 0 aromatic heterocycles. The summed E-state index contributed by atoms with van der Waals surface area (Å²) in [4.78, 5) is 50.0. The molecule has 0 atom stereocenters. The molecule has 3 aromatic carbocycles. The van der Waals surface area contributed by atoms with Gasteiger partial charge in [-0.05, 0) is 80.6 Å². The first-order valence-electron chi connectivity index (χ1n) is 14.3. The monoisotopic (exact) mass is 622 g/mol. The minimum absolute atomic E-state index is 0.153. The third-order valence-electron chi connectivity index (χ3n) is 6.56. The number of carbonyl (C=O) groups is 4. The summed E-state index contributed by atoms with van der Waals surface area (Å²) in [5.41, 5.74) is 3.04. The Labute approximate surface area is 269 Å². The maximum atomic E-state index is 12.8. The van der Waals surface area contributed by atoms with Gasteiger partial charge in [-0.3, -0.25) is 0 Å². The van der Waals surface area contributed by atoms with E-state index in [1.807, 2.05) is 26.8 Å². The highest BCUT2D eigenvalue weighted by molar-refractivity contribution is 5.94. The standard InChI is InChI=1S/C38H38O8/c1-21(2)34(39)43-27-15-12-25(13-16-27)28-19-33(46-37(42)24(7)8)29(20-32(28)45-36(41)23(5)6)26-14-17-31(44-35(40)22(3)4)30(18-26)38(9,10)11/h12-20H,1,3,5,7H2,2,4,6,8-11H3. The van der Waals surface area contributed by atoms with Crippen molar-refractivity contribution in [3.05, 3.63) is 109 Å². The van der Waals surface area contributed by atoms with Crippen LogP contribution >= 0.6 is 0 Å². The fourth-order valence-electron chi connectivity index (χ4n) is 4.01. The van der Waals surface area contributed by atoms with E-state index in [2.05, 4.69) is 26.3 Å². The molecule has 0 bridgehead atoms. The lowest BCUT2D eigenvalue weighted by Crippen LogP contribution is -2.17. The van der Waals surface area contributed by atoms with E-state index < -0.39 is 29.3 Å². The van der Waals surface area contributed by atoms with Crippen molar-refractivity contribution in [1.82, 2.24) is 0 Å². The molecule has 0 unspecified atom stereocenters. The summed E-state index contributed by atoms with van der Waals surface area (Å²) >= 11 is 0. The highest BCUT2D eigenvalue weighted by atomic mass is 16.5. The molecule has 0 aliphatic heterocycles. The van der Waals surface area contributed by atoms with E-state index in [9.17, 15) is 19.2 Å². The molecular weight excluding hydrogens is 584 g/mol. The van der Waals surface area contributed by atoms with Crippen LogP contribution in [0.15, 0.2) is 103 Å². The van der Waals surface area contributed by atoms with Crippen LogP contribution in [0.1, 0.15) is 54.0 Å². The molecule has 0 spiro atoms. The van der Waals surface area contributed by atoms with Crippen LogP contribution in [0.25, 0.3) is 22.3 Å². The SMILES string of the molecule is C=C(C)C(=O)Oc1ccc(-c2cc(OC(=O)C(=C)C)c(-c3ccc(OC(=O)C(=C)C)c(C(C)(C)C)c3)cc2OC(=O)C(=C)C)cc1. The fourth-order valence-corrected chi connectivity index (χ4v) is 4.01. The van der Waals surface area contributed by atoms with Gasteiger partial charge >= 0.3 is 23.9 Å². The van der Waals surface area contributed by atoms with Gasteiger partial charge in [0.05, 0.1) is 0 Å². The van der Waals surface area contributed by atoms with E-state index in [0.29, 0.717) is 33.6 Å². The van der Waals surface area contributed by atoms with Gasteiger partial charge in [-0.15, -0.1) is 0 Å². The van der Waals surface area contributed by atoms with Gasteiger partial charge in [-0.25, -0.2) is 19.2 Å². The Balaban J connectivity index is 2.30. The minimum Gasteiger partial charge on any atom is -0.423 e. The molecule has 46 heavy (non-hydrogen) atoms. The van der Waals surface area contributed by atoms with Crippen molar-refractivity contribution in [3.8, 4) is 45.3 Å². The summed E-state index contributed by atoms with van der Waals surface area (Å²) in [5, 5.41) is 0. The minimum atomic E-state index is -0.664. The third kappa shape index (κ3) is 8.57. The molecule has 0 radical (unpaired) electrons. The molecule has 0 saturated carbocycles. The molecule has 3 rings (SSSR count). The number of hydrogen-bond acceptors (Lipinski definition) is 8. The number of carbonyl (C=O) groups excluding carboxylic acids is 4. The summed E-state index contributed by atoms with van der Waals surface area (Å²) in [6.07, 6.45) is 0. The van der Waals surface area contributed by atoms with Gasteiger partial charge in [0.15, 0.2) is 0 Å². The van der Waals surface area contributed by atoms with E-state index in [1.165, 1.54) is 13.8 Å². The quantitative estimate of drug-likeness (QED) is 0.126. The summed E-state index contributed by atoms with van der Waals surface area (Å²) in [5.74, 6) is -1.52. The summed E-state index contributed by atoms with van der Waals surface area (Å²) < 4.78 is 22.5. The van der Waals surface area contributed by atoms with Crippen LogP contribution in [-0.4, -0.2) is 23.9 Å². The predicted molar refractivity (Wildman–Crippen MR) is 178 cm³/mol. The van der Waals surface area contributed by atoms with E-state index >= 15 is 0 Å². The van der Waals surface area contributed by atoms with Crippen LogP contribution in [0.2, 0.25) is 0 Å². The maximum absolute atomic E-state index is 12.8. The lowest BCUT2D eigenvalue weighted by atomic mass is 9.84. The molecular formula is C38H38O8. The van der Waals surface area contributed by atoms with Crippen LogP contribution in [0.5, 0.6) is 23.0 Å². The highest BCUT2D eigenvalue weighted by Gasteiger charge is 2.25. The number of esters is 4. The van der Waals surface area contributed by atoms with Crippen molar-refractivity contribution in [2.75, 3.05) is 0 Å². The van der Waals surface area contributed by atoms with Gasteiger partial charge in [-0.2, -0.15) is 0 Å². The van der Waals surface area contributed by atoms with E-state index in [1.54, 1.807) is 62.4 Å². The first-order chi connectivity index (χ1) is 21.4. The second-order valence-electron chi connectivity index (χ2n) is 12.0. The molecule has 0 aliphatic rings. The van der Waals surface area contributed by atoms with Crippen molar-refractivity contribution >= 4 is 23.9 Å². The number of ether oxygens (including phenoxy) is 4. The Morgan fingerprint density at radius 2 is 0.870 bits per heavy atom. The second kappa shape index (κ2) is 14.1. The van der Waals surface area contributed by atoms with Crippen molar-refractivity contribution in [1.29, 1.82) is 0 Å². The largest absolute Gasteiger partial charge is 0.423 e. The van der Waals surface area contributed by atoms with Crippen LogP contribution in [0.4, 0.5) is 0 Å². The van der Waals surface area contributed by atoms with Gasteiger partial charge in [0, 0.05) is 39.0 Å². The zero-order valence-corrected chi connectivity index (χ0v) is 27.3. The van der Waals surface area contributed by atoms with Crippen molar-refractivity contribution in [2.45, 2.75) is 53.9 Å². The normalized spacial score (nSPS) is 10.8. The Morgan fingerprint density at radius 3 is 1.28 bits per heavy atom. The lowest BCUT2D eigenvalue weighted by Gasteiger charge is -2.24. The van der Waals surface area contributed by atoms with Gasteiger partial charge in [0.2, 0.25) is 0 Å². The fraction of sp³-hybridized carbons (Fsp3) is 0.211. The molecule has 0 aliphatic carbocycles. The molecule has 0 heterocycles. The average molecular weight is 623 g/mol. The van der Waals surface area contributed by atoms with E-state index in [-0.39, 0.29) is 39.5 Å².